The van der Waals surface area contributed by atoms with E-state index in [1.54, 1.807) is 0 Å². The Morgan fingerprint density at radius 3 is 2.22 bits per heavy atom. The summed E-state index contributed by atoms with van der Waals surface area (Å²) in [5, 5.41) is 0.237. The monoisotopic (exact) mass is 272 g/mol. The standard InChI is InChI=1S/C15H19ClF2/c1-9(2)10-3-5-11(6-4-10)15-13(16)7-12(17)8-14(15)18/h7-11H,3-6H2,1-2H3. The molecule has 0 amide bonds. The molecule has 100 valence electrons. The topological polar surface area (TPSA) is 0 Å². The normalized spacial score (nSPS) is 24.6. The van der Waals surface area contributed by atoms with Crippen LogP contribution in [0.1, 0.15) is 51.0 Å². The lowest BCUT2D eigenvalue weighted by atomic mass is 9.74. The average molecular weight is 273 g/mol. The Hall–Kier alpha value is -0.630. The molecule has 1 aliphatic rings. The maximum absolute atomic E-state index is 13.8. The van der Waals surface area contributed by atoms with Gasteiger partial charge in [-0.1, -0.05) is 25.4 Å². The molecule has 1 aromatic carbocycles. The van der Waals surface area contributed by atoms with E-state index in [-0.39, 0.29) is 10.9 Å². The minimum atomic E-state index is -0.600. The zero-order chi connectivity index (χ0) is 13.3. The van der Waals surface area contributed by atoms with E-state index in [2.05, 4.69) is 13.8 Å². The van der Waals surface area contributed by atoms with Crippen molar-refractivity contribution in [3.63, 3.8) is 0 Å². The summed E-state index contributed by atoms with van der Waals surface area (Å²) in [6.07, 6.45) is 4.11. The van der Waals surface area contributed by atoms with Gasteiger partial charge in [-0.25, -0.2) is 8.78 Å². The smallest absolute Gasteiger partial charge is 0.131 e. The van der Waals surface area contributed by atoms with E-state index in [1.165, 1.54) is 6.07 Å². The first kappa shape index (κ1) is 13.8. The highest BCUT2D eigenvalue weighted by atomic mass is 35.5. The molecule has 0 atom stereocenters. The average Bonchev–Trinajstić information content (AvgIpc) is 2.28. The second-order valence-electron chi connectivity index (χ2n) is 5.64. The van der Waals surface area contributed by atoms with Crippen LogP contribution in [0.2, 0.25) is 5.02 Å². The van der Waals surface area contributed by atoms with E-state index in [1.807, 2.05) is 0 Å². The maximum Gasteiger partial charge on any atom is 0.131 e. The van der Waals surface area contributed by atoms with Crippen molar-refractivity contribution in [2.45, 2.75) is 45.4 Å². The molecule has 2 rings (SSSR count). The Kier molecular flexibility index (Phi) is 4.26. The third-order valence-electron chi connectivity index (χ3n) is 4.17. The van der Waals surface area contributed by atoms with Gasteiger partial charge in [0.25, 0.3) is 0 Å². The van der Waals surface area contributed by atoms with Gasteiger partial charge < -0.3 is 0 Å². The van der Waals surface area contributed by atoms with Crippen molar-refractivity contribution in [3.05, 3.63) is 34.4 Å². The van der Waals surface area contributed by atoms with Crippen molar-refractivity contribution < 1.29 is 8.78 Å². The minimum absolute atomic E-state index is 0.146. The SMILES string of the molecule is CC(C)C1CCC(c2c(F)cc(F)cc2Cl)CC1. The molecule has 3 heteroatoms. The third-order valence-corrected chi connectivity index (χ3v) is 4.48. The summed E-state index contributed by atoms with van der Waals surface area (Å²) in [4.78, 5) is 0. The largest absolute Gasteiger partial charge is 0.207 e. The van der Waals surface area contributed by atoms with Gasteiger partial charge in [0.2, 0.25) is 0 Å². The quantitative estimate of drug-likeness (QED) is 0.662. The first-order valence-electron chi connectivity index (χ1n) is 6.63. The summed E-state index contributed by atoms with van der Waals surface area (Å²) >= 11 is 5.99. The number of hydrogen-bond acceptors (Lipinski definition) is 0. The third kappa shape index (κ3) is 2.85. The first-order valence-corrected chi connectivity index (χ1v) is 7.01. The highest BCUT2D eigenvalue weighted by Crippen LogP contribution is 2.41. The van der Waals surface area contributed by atoms with Crippen LogP contribution in [0.3, 0.4) is 0 Å². The second kappa shape index (κ2) is 5.56. The summed E-state index contributed by atoms with van der Waals surface area (Å²) in [6.45, 7) is 4.47. The van der Waals surface area contributed by atoms with E-state index in [4.69, 9.17) is 11.6 Å². The number of halogens is 3. The van der Waals surface area contributed by atoms with Crippen LogP contribution in [-0.2, 0) is 0 Å². The summed E-state index contributed by atoms with van der Waals surface area (Å²) in [7, 11) is 0. The number of hydrogen-bond donors (Lipinski definition) is 0. The van der Waals surface area contributed by atoms with Gasteiger partial charge in [0.05, 0.1) is 0 Å². The molecular weight excluding hydrogens is 254 g/mol. The van der Waals surface area contributed by atoms with E-state index < -0.39 is 11.6 Å². The van der Waals surface area contributed by atoms with Crippen LogP contribution >= 0.6 is 11.6 Å². The van der Waals surface area contributed by atoms with E-state index >= 15 is 0 Å². The molecule has 18 heavy (non-hydrogen) atoms. The molecule has 0 radical (unpaired) electrons. The summed E-state index contributed by atoms with van der Waals surface area (Å²) in [5.74, 6) is 0.459. The minimum Gasteiger partial charge on any atom is -0.207 e. The number of benzene rings is 1. The van der Waals surface area contributed by atoms with Gasteiger partial charge in [0, 0.05) is 16.7 Å². The molecule has 0 spiro atoms. The van der Waals surface area contributed by atoms with Crippen molar-refractivity contribution in [1.82, 2.24) is 0 Å². The molecule has 1 saturated carbocycles. The van der Waals surface area contributed by atoms with Crippen molar-refractivity contribution >= 4 is 11.6 Å². The van der Waals surface area contributed by atoms with Gasteiger partial charge in [0.1, 0.15) is 11.6 Å². The van der Waals surface area contributed by atoms with Gasteiger partial charge in [-0.2, -0.15) is 0 Å². The molecule has 0 aromatic heterocycles. The lowest BCUT2D eigenvalue weighted by molar-refractivity contribution is 0.256. The highest BCUT2D eigenvalue weighted by Gasteiger charge is 2.27. The Bertz CT molecular complexity index is 397. The van der Waals surface area contributed by atoms with Crippen LogP contribution in [0, 0.1) is 23.5 Å². The Labute approximate surface area is 112 Å². The molecule has 0 unspecified atom stereocenters. The van der Waals surface area contributed by atoms with Gasteiger partial charge in [0.15, 0.2) is 0 Å². The van der Waals surface area contributed by atoms with Crippen molar-refractivity contribution in [2.75, 3.05) is 0 Å². The maximum atomic E-state index is 13.8. The molecule has 0 aliphatic heterocycles. The lowest BCUT2D eigenvalue weighted by Crippen LogP contribution is -2.18. The molecular formula is C15H19ClF2. The van der Waals surface area contributed by atoms with Crippen LogP contribution in [0.15, 0.2) is 12.1 Å². The molecule has 1 aromatic rings. The second-order valence-corrected chi connectivity index (χ2v) is 6.05. The van der Waals surface area contributed by atoms with E-state index in [9.17, 15) is 8.78 Å². The van der Waals surface area contributed by atoms with E-state index in [0.717, 1.165) is 37.7 Å². The van der Waals surface area contributed by atoms with Gasteiger partial charge >= 0.3 is 0 Å². The summed E-state index contributed by atoms with van der Waals surface area (Å²) in [5.41, 5.74) is 0.514. The van der Waals surface area contributed by atoms with Crippen LogP contribution in [0.4, 0.5) is 8.78 Å². The first-order chi connectivity index (χ1) is 8.49. The number of rotatable bonds is 2. The lowest BCUT2D eigenvalue weighted by Gasteiger charge is -2.31. The molecule has 0 nitrogen and oxygen atoms in total. The van der Waals surface area contributed by atoms with Crippen LogP contribution in [0.25, 0.3) is 0 Å². The predicted octanol–water partition coefficient (Wildman–Crippen LogP) is 5.55. The fourth-order valence-electron chi connectivity index (χ4n) is 3.02. The van der Waals surface area contributed by atoms with Gasteiger partial charge in [-0.05, 0) is 49.5 Å². The fraction of sp³-hybridized carbons (Fsp3) is 0.600. The fourth-order valence-corrected chi connectivity index (χ4v) is 3.37. The van der Waals surface area contributed by atoms with Crippen molar-refractivity contribution in [2.24, 2.45) is 11.8 Å². The molecule has 1 aliphatic carbocycles. The van der Waals surface area contributed by atoms with Crippen molar-refractivity contribution in [3.8, 4) is 0 Å². The molecule has 1 fully saturated rings. The van der Waals surface area contributed by atoms with Gasteiger partial charge in [-0.15, -0.1) is 0 Å². The Morgan fingerprint density at radius 2 is 1.72 bits per heavy atom. The molecule has 0 heterocycles. The molecule has 0 N–H and O–H groups in total. The Balaban J connectivity index is 2.15. The van der Waals surface area contributed by atoms with Crippen LogP contribution < -0.4 is 0 Å². The molecule has 0 saturated heterocycles. The van der Waals surface area contributed by atoms with Crippen LogP contribution in [0.5, 0.6) is 0 Å². The molecule has 0 bridgehead atoms. The zero-order valence-electron chi connectivity index (χ0n) is 10.8. The summed E-state index contributed by atoms with van der Waals surface area (Å²) < 4.78 is 26.8. The zero-order valence-corrected chi connectivity index (χ0v) is 11.6. The van der Waals surface area contributed by atoms with Crippen LogP contribution in [-0.4, -0.2) is 0 Å². The van der Waals surface area contributed by atoms with Crippen molar-refractivity contribution in [1.29, 1.82) is 0 Å². The Morgan fingerprint density at radius 1 is 1.11 bits per heavy atom. The van der Waals surface area contributed by atoms with E-state index in [0.29, 0.717) is 11.5 Å². The summed E-state index contributed by atoms with van der Waals surface area (Å²) in [6, 6.07) is 2.16. The van der Waals surface area contributed by atoms with Gasteiger partial charge in [-0.3, -0.25) is 0 Å². The highest BCUT2D eigenvalue weighted by molar-refractivity contribution is 6.31. The predicted molar refractivity (Wildman–Crippen MR) is 70.9 cm³/mol.